The summed E-state index contributed by atoms with van der Waals surface area (Å²) in [5, 5.41) is 6.92. The minimum Gasteiger partial charge on any atom is -0.361 e. The van der Waals surface area contributed by atoms with Crippen molar-refractivity contribution in [3.05, 3.63) is 51.3 Å². The van der Waals surface area contributed by atoms with Crippen LogP contribution in [0.5, 0.6) is 0 Å². The molecule has 2 aromatic heterocycles. The van der Waals surface area contributed by atoms with Crippen molar-refractivity contribution in [3.8, 4) is 0 Å². The van der Waals surface area contributed by atoms with E-state index in [0.29, 0.717) is 37.9 Å². The molecular weight excluding hydrogens is 348 g/mol. The van der Waals surface area contributed by atoms with Gasteiger partial charge >= 0.3 is 0 Å². The zero-order valence-electron chi connectivity index (χ0n) is 15.8. The Morgan fingerprint density at radius 2 is 2.07 bits per heavy atom. The standard InChI is InChI=1S/C19H24N4O4/c1-12-16(13(2)27-21-12)11-23-9-8-15(5-7-18(23)25)20-19(26)14-4-6-17(24)22(3)10-14/h4,6,10,15H,5,7-9,11H2,1-3H3,(H,20,26). The highest BCUT2D eigenvalue weighted by molar-refractivity contribution is 5.94. The van der Waals surface area contributed by atoms with E-state index in [-0.39, 0.29) is 23.4 Å². The number of pyridine rings is 1. The van der Waals surface area contributed by atoms with Gasteiger partial charge in [0.05, 0.1) is 17.8 Å². The highest BCUT2D eigenvalue weighted by Crippen LogP contribution is 2.19. The number of hydrogen-bond acceptors (Lipinski definition) is 5. The number of carbonyl (C=O) groups is 2. The van der Waals surface area contributed by atoms with Crippen molar-refractivity contribution < 1.29 is 14.1 Å². The van der Waals surface area contributed by atoms with Crippen molar-refractivity contribution in [2.75, 3.05) is 6.54 Å². The van der Waals surface area contributed by atoms with Gasteiger partial charge in [-0.05, 0) is 32.8 Å². The average Bonchev–Trinajstić information content (AvgIpc) is 2.84. The summed E-state index contributed by atoms with van der Waals surface area (Å²) in [6.07, 6.45) is 3.16. The fraction of sp³-hybridized carbons (Fsp3) is 0.474. The third kappa shape index (κ3) is 4.27. The summed E-state index contributed by atoms with van der Waals surface area (Å²) >= 11 is 0. The van der Waals surface area contributed by atoms with E-state index in [4.69, 9.17) is 4.52 Å². The molecule has 1 aliphatic rings. The highest BCUT2D eigenvalue weighted by Gasteiger charge is 2.25. The van der Waals surface area contributed by atoms with Crippen molar-refractivity contribution >= 4 is 11.8 Å². The third-order valence-corrected chi connectivity index (χ3v) is 5.02. The van der Waals surface area contributed by atoms with Gasteiger partial charge in [-0.3, -0.25) is 14.4 Å². The zero-order valence-corrected chi connectivity index (χ0v) is 15.8. The van der Waals surface area contributed by atoms with E-state index in [0.717, 1.165) is 17.0 Å². The highest BCUT2D eigenvalue weighted by atomic mass is 16.5. The second-order valence-corrected chi connectivity index (χ2v) is 6.98. The first-order valence-corrected chi connectivity index (χ1v) is 9.02. The number of aryl methyl sites for hydroxylation is 3. The lowest BCUT2D eigenvalue weighted by atomic mass is 10.1. The third-order valence-electron chi connectivity index (χ3n) is 5.02. The first-order valence-electron chi connectivity index (χ1n) is 9.02. The van der Waals surface area contributed by atoms with Crippen LogP contribution in [0.3, 0.4) is 0 Å². The van der Waals surface area contributed by atoms with Gasteiger partial charge in [0.1, 0.15) is 5.76 Å². The SMILES string of the molecule is Cc1noc(C)c1CN1CCC(NC(=O)c2ccc(=O)n(C)c2)CCC1=O. The summed E-state index contributed by atoms with van der Waals surface area (Å²) in [5.41, 5.74) is 2.00. The van der Waals surface area contributed by atoms with E-state index in [1.54, 1.807) is 11.9 Å². The molecule has 0 aliphatic carbocycles. The summed E-state index contributed by atoms with van der Waals surface area (Å²) in [7, 11) is 1.61. The van der Waals surface area contributed by atoms with Gasteiger partial charge in [-0.2, -0.15) is 0 Å². The van der Waals surface area contributed by atoms with Crippen molar-refractivity contribution in [2.24, 2.45) is 7.05 Å². The summed E-state index contributed by atoms with van der Waals surface area (Å²) in [6, 6.07) is 2.80. The molecule has 1 saturated heterocycles. The Hall–Kier alpha value is -2.90. The quantitative estimate of drug-likeness (QED) is 0.872. The fourth-order valence-corrected chi connectivity index (χ4v) is 3.26. The largest absolute Gasteiger partial charge is 0.361 e. The van der Waals surface area contributed by atoms with E-state index in [1.165, 1.54) is 22.9 Å². The van der Waals surface area contributed by atoms with Crippen LogP contribution in [0.4, 0.5) is 0 Å². The summed E-state index contributed by atoms with van der Waals surface area (Å²) < 4.78 is 6.55. The molecule has 1 fully saturated rings. The van der Waals surface area contributed by atoms with Gasteiger partial charge in [-0.1, -0.05) is 5.16 Å². The van der Waals surface area contributed by atoms with Gasteiger partial charge in [0.15, 0.2) is 0 Å². The number of amides is 2. The minimum atomic E-state index is -0.234. The predicted octanol–water partition coefficient (Wildman–Crippen LogP) is 1.30. The summed E-state index contributed by atoms with van der Waals surface area (Å²) in [6.45, 7) is 4.74. The smallest absolute Gasteiger partial charge is 0.252 e. The molecule has 27 heavy (non-hydrogen) atoms. The second-order valence-electron chi connectivity index (χ2n) is 6.98. The Morgan fingerprint density at radius 1 is 1.30 bits per heavy atom. The lowest BCUT2D eigenvalue weighted by molar-refractivity contribution is -0.131. The Bertz CT molecular complexity index is 895. The van der Waals surface area contributed by atoms with Gasteiger partial charge in [0.25, 0.3) is 5.91 Å². The molecule has 1 atom stereocenters. The average molecular weight is 372 g/mol. The van der Waals surface area contributed by atoms with Gasteiger partial charge < -0.3 is 19.3 Å². The molecule has 3 heterocycles. The van der Waals surface area contributed by atoms with Crippen LogP contribution >= 0.6 is 0 Å². The van der Waals surface area contributed by atoms with Crippen LogP contribution in [0.1, 0.15) is 46.6 Å². The molecule has 0 spiro atoms. The van der Waals surface area contributed by atoms with E-state index in [1.807, 2.05) is 13.8 Å². The van der Waals surface area contributed by atoms with E-state index in [2.05, 4.69) is 10.5 Å². The zero-order chi connectivity index (χ0) is 19.6. The Balaban J connectivity index is 1.63. The Labute approximate surface area is 157 Å². The maximum Gasteiger partial charge on any atom is 0.252 e. The summed E-state index contributed by atoms with van der Waals surface area (Å²) in [5.74, 6) is 0.556. The number of aromatic nitrogens is 2. The van der Waals surface area contributed by atoms with Gasteiger partial charge in [0.2, 0.25) is 11.5 Å². The van der Waals surface area contributed by atoms with Crippen LogP contribution < -0.4 is 10.9 Å². The molecule has 2 aromatic rings. The van der Waals surface area contributed by atoms with Gasteiger partial charge in [0, 0.05) is 43.9 Å². The lowest BCUT2D eigenvalue weighted by Crippen LogP contribution is -2.36. The number of nitrogens with one attached hydrogen (secondary N) is 1. The molecule has 2 amide bonds. The molecule has 0 aromatic carbocycles. The molecule has 1 N–H and O–H groups in total. The van der Waals surface area contributed by atoms with E-state index in [9.17, 15) is 14.4 Å². The molecule has 0 bridgehead atoms. The number of rotatable bonds is 4. The summed E-state index contributed by atoms with van der Waals surface area (Å²) in [4.78, 5) is 38.2. The van der Waals surface area contributed by atoms with Crippen LogP contribution in [0, 0.1) is 13.8 Å². The monoisotopic (exact) mass is 372 g/mol. The Kier molecular flexibility index (Phi) is 5.43. The molecule has 3 rings (SSSR count). The van der Waals surface area contributed by atoms with Crippen molar-refractivity contribution in [2.45, 2.75) is 45.7 Å². The van der Waals surface area contributed by atoms with Crippen LogP contribution in [0.2, 0.25) is 0 Å². The normalized spacial score (nSPS) is 17.7. The second kappa shape index (κ2) is 7.77. The predicted molar refractivity (Wildman–Crippen MR) is 98.2 cm³/mol. The van der Waals surface area contributed by atoms with Gasteiger partial charge in [-0.15, -0.1) is 0 Å². The number of carbonyl (C=O) groups excluding carboxylic acids is 2. The van der Waals surface area contributed by atoms with Crippen LogP contribution in [-0.4, -0.2) is 39.0 Å². The molecule has 8 heteroatoms. The van der Waals surface area contributed by atoms with E-state index >= 15 is 0 Å². The van der Waals surface area contributed by atoms with Crippen molar-refractivity contribution in [3.63, 3.8) is 0 Å². The molecule has 1 unspecified atom stereocenters. The first kappa shape index (κ1) is 18.9. The van der Waals surface area contributed by atoms with Crippen LogP contribution in [0.25, 0.3) is 0 Å². The maximum absolute atomic E-state index is 12.5. The molecule has 0 saturated carbocycles. The molecule has 0 radical (unpaired) electrons. The molecule has 144 valence electrons. The minimum absolute atomic E-state index is 0.0638. The fourth-order valence-electron chi connectivity index (χ4n) is 3.26. The van der Waals surface area contributed by atoms with Crippen molar-refractivity contribution in [1.29, 1.82) is 0 Å². The topological polar surface area (TPSA) is 97.4 Å². The maximum atomic E-state index is 12.5. The molecule has 8 nitrogen and oxygen atoms in total. The number of likely N-dealkylation sites (tertiary alicyclic amines) is 1. The van der Waals surface area contributed by atoms with E-state index < -0.39 is 0 Å². The lowest BCUT2D eigenvalue weighted by Gasteiger charge is -2.21. The van der Waals surface area contributed by atoms with Crippen LogP contribution in [0.15, 0.2) is 27.6 Å². The van der Waals surface area contributed by atoms with Gasteiger partial charge in [-0.25, -0.2) is 0 Å². The Morgan fingerprint density at radius 3 is 2.74 bits per heavy atom. The first-order chi connectivity index (χ1) is 12.8. The number of hydrogen-bond donors (Lipinski definition) is 1. The molecule has 1 aliphatic heterocycles. The molecular formula is C19H24N4O4. The van der Waals surface area contributed by atoms with Crippen molar-refractivity contribution in [1.82, 2.24) is 19.9 Å². The number of nitrogens with zero attached hydrogens (tertiary/aromatic N) is 3. The van der Waals surface area contributed by atoms with Crippen LogP contribution in [-0.2, 0) is 18.4 Å².